The van der Waals surface area contributed by atoms with Crippen molar-refractivity contribution in [2.75, 3.05) is 13.2 Å². The van der Waals surface area contributed by atoms with Crippen molar-refractivity contribution < 1.29 is 14.3 Å². The third kappa shape index (κ3) is 3.61. The zero-order chi connectivity index (χ0) is 12.9. The van der Waals surface area contributed by atoms with Crippen molar-refractivity contribution in [1.29, 1.82) is 0 Å². The molecule has 94 valence electrons. The number of esters is 1. The third-order valence-corrected chi connectivity index (χ3v) is 3.03. The molecule has 3 heteroatoms. The molecule has 1 fully saturated rings. The molecule has 0 aromatic rings. The van der Waals surface area contributed by atoms with E-state index >= 15 is 0 Å². The van der Waals surface area contributed by atoms with Gasteiger partial charge in [0.2, 0.25) is 0 Å². The highest BCUT2D eigenvalue weighted by atomic mass is 16.6. The van der Waals surface area contributed by atoms with E-state index in [0.717, 1.165) is 12.8 Å². The first-order valence-electron chi connectivity index (χ1n) is 5.90. The quantitative estimate of drug-likeness (QED) is 0.428. The maximum absolute atomic E-state index is 11.7. The molecule has 0 saturated carbocycles. The molecule has 1 heterocycles. The number of hydrogen-bond donors (Lipinski definition) is 0. The van der Waals surface area contributed by atoms with Gasteiger partial charge in [0.25, 0.3) is 0 Å². The topological polar surface area (TPSA) is 35.5 Å². The number of hydrogen-bond acceptors (Lipinski definition) is 3. The van der Waals surface area contributed by atoms with E-state index in [1.165, 1.54) is 0 Å². The summed E-state index contributed by atoms with van der Waals surface area (Å²) in [5.41, 5.74) is -0.324. The summed E-state index contributed by atoms with van der Waals surface area (Å²) in [5.74, 6) is 5.73. The lowest BCUT2D eigenvalue weighted by atomic mass is 9.83. The summed E-state index contributed by atoms with van der Waals surface area (Å²) in [7, 11) is 0. The lowest BCUT2D eigenvalue weighted by molar-refractivity contribution is -0.154. The molecule has 3 nitrogen and oxygen atoms in total. The van der Waals surface area contributed by atoms with E-state index < -0.39 is 5.60 Å². The van der Waals surface area contributed by atoms with E-state index in [4.69, 9.17) is 9.47 Å². The van der Waals surface area contributed by atoms with E-state index in [0.29, 0.717) is 18.8 Å². The first-order chi connectivity index (χ1) is 7.99. The average Bonchev–Trinajstić information content (AvgIpc) is 2.30. The van der Waals surface area contributed by atoms with Gasteiger partial charge in [0.05, 0.1) is 0 Å². The average molecular weight is 236 g/mol. The fourth-order valence-electron chi connectivity index (χ4n) is 1.99. The Kier molecular flexibility index (Phi) is 4.77. The molecule has 0 N–H and O–H groups in total. The second-order valence-corrected chi connectivity index (χ2v) is 4.54. The summed E-state index contributed by atoms with van der Waals surface area (Å²) in [6, 6.07) is 0. The van der Waals surface area contributed by atoms with E-state index in [1.54, 1.807) is 13.8 Å². The molecule has 0 amide bonds. The largest absolute Gasteiger partial charge is 0.442 e. The molecule has 1 saturated heterocycles. The van der Waals surface area contributed by atoms with E-state index in [1.807, 2.05) is 6.92 Å². The highest BCUT2D eigenvalue weighted by Crippen LogP contribution is 2.30. The molecule has 0 aliphatic carbocycles. The van der Waals surface area contributed by atoms with Crippen LogP contribution in [0.4, 0.5) is 0 Å². The minimum Gasteiger partial charge on any atom is -0.442 e. The molecule has 1 atom stereocenters. The van der Waals surface area contributed by atoms with Crippen molar-refractivity contribution in [3.63, 3.8) is 0 Å². The Bertz CT molecular complexity index is 355. The van der Waals surface area contributed by atoms with Crippen molar-refractivity contribution in [1.82, 2.24) is 0 Å². The van der Waals surface area contributed by atoms with Crippen LogP contribution in [0, 0.1) is 17.8 Å². The summed E-state index contributed by atoms with van der Waals surface area (Å²) in [6.07, 6.45) is 1.74. The molecule has 0 bridgehead atoms. The van der Waals surface area contributed by atoms with Crippen LogP contribution in [0.2, 0.25) is 0 Å². The van der Waals surface area contributed by atoms with Crippen molar-refractivity contribution in [2.45, 2.75) is 39.2 Å². The summed E-state index contributed by atoms with van der Waals surface area (Å²) in [6.45, 7) is 10.3. The zero-order valence-corrected chi connectivity index (χ0v) is 10.8. The normalized spacial score (nSPS) is 19.7. The molecule has 17 heavy (non-hydrogen) atoms. The van der Waals surface area contributed by atoms with Crippen LogP contribution in [-0.4, -0.2) is 24.8 Å². The van der Waals surface area contributed by atoms with Gasteiger partial charge in [-0.1, -0.05) is 12.5 Å². The monoisotopic (exact) mass is 236 g/mol. The van der Waals surface area contributed by atoms with Gasteiger partial charge < -0.3 is 9.47 Å². The van der Waals surface area contributed by atoms with E-state index in [9.17, 15) is 4.79 Å². The Morgan fingerprint density at radius 2 is 2.06 bits per heavy atom. The summed E-state index contributed by atoms with van der Waals surface area (Å²) in [5, 5.41) is 0. The fourth-order valence-corrected chi connectivity index (χ4v) is 1.99. The van der Waals surface area contributed by atoms with E-state index in [2.05, 4.69) is 18.4 Å². The van der Waals surface area contributed by atoms with Crippen LogP contribution in [0.3, 0.4) is 0 Å². The molecular weight excluding hydrogens is 216 g/mol. The van der Waals surface area contributed by atoms with Gasteiger partial charge in [-0.25, -0.2) is 4.79 Å². The summed E-state index contributed by atoms with van der Waals surface area (Å²) < 4.78 is 10.8. The van der Waals surface area contributed by atoms with Crippen molar-refractivity contribution in [3.05, 3.63) is 12.2 Å². The Morgan fingerprint density at radius 1 is 1.47 bits per heavy atom. The lowest BCUT2D eigenvalue weighted by Gasteiger charge is -2.35. The maximum Gasteiger partial charge on any atom is 0.334 e. The van der Waals surface area contributed by atoms with Gasteiger partial charge in [-0.15, -0.1) is 5.92 Å². The minimum absolute atomic E-state index is 0.229. The fraction of sp³-hybridized carbons (Fsp3) is 0.643. The van der Waals surface area contributed by atoms with Crippen LogP contribution >= 0.6 is 0 Å². The molecule has 0 spiro atoms. The third-order valence-electron chi connectivity index (χ3n) is 3.03. The molecule has 1 rings (SSSR count). The first-order valence-corrected chi connectivity index (χ1v) is 5.90. The molecule has 0 radical (unpaired) electrons. The SMILES string of the molecule is C=C(C)C(=O)OC(C)(C#CC)C1CCOCC1. The predicted molar refractivity (Wildman–Crippen MR) is 66.3 cm³/mol. The first kappa shape index (κ1) is 13.8. The lowest BCUT2D eigenvalue weighted by Crippen LogP contribution is -2.41. The Labute approximate surface area is 103 Å². The molecule has 0 aromatic carbocycles. The molecule has 1 aliphatic rings. The van der Waals surface area contributed by atoms with E-state index in [-0.39, 0.29) is 11.9 Å². The Morgan fingerprint density at radius 3 is 2.53 bits per heavy atom. The van der Waals surface area contributed by atoms with Gasteiger partial charge in [-0.05, 0) is 33.6 Å². The number of carbonyl (C=O) groups is 1. The van der Waals surface area contributed by atoms with Crippen LogP contribution in [-0.2, 0) is 14.3 Å². The molecular formula is C14H20O3. The zero-order valence-electron chi connectivity index (χ0n) is 10.8. The van der Waals surface area contributed by atoms with Gasteiger partial charge in [-0.3, -0.25) is 0 Å². The number of rotatable bonds is 3. The molecule has 1 aliphatic heterocycles. The predicted octanol–water partition coefficient (Wildman–Crippen LogP) is 2.31. The van der Waals surface area contributed by atoms with Crippen LogP contribution in [0.25, 0.3) is 0 Å². The van der Waals surface area contributed by atoms with Gasteiger partial charge >= 0.3 is 5.97 Å². The van der Waals surface area contributed by atoms with Crippen LogP contribution in [0.1, 0.15) is 33.6 Å². The molecule has 1 unspecified atom stereocenters. The smallest absolute Gasteiger partial charge is 0.334 e. The van der Waals surface area contributed by atoms with Crippen LogP contribution in [0.15, 0.2) is 12.2 Å². The highest BCUT2D eigenvalue weighted by molar-refractivity contribution is 5.87. The minimum atomic E-state index is -0.728. The summed E-state index contributed by atoms with van der Waals surface area (Å²) in [4.78, 5) is 11.7. The van der Waals surface area contributed by atoms with Crippen molar-refractivity contribution >= 4 is 5.97 Å². The number of ether oxygens (including phenoxy) is 2. The Hall–Kier alpha value is -1.27. The summed E-state index contributed by atoms with van der Waals surface area (Å²) >= 11 is 0. The highest BCUT2D eigenvalue weighted by Gasteiger charge is 2.37. The van der Waals surface area contributed by atoms with Crippen LogP contribution < -0.4 is 0 Å². The van der Waals surface area contributed by atoms with Gasteiger partial charge in [0, 0.05) is 24.7 Å². The maximum atomic E-state index is 11.7. The van der Waals surface area contributed by atoms with Gasteiger partial charge in [0.1, 0.15) is 0 Å². The number of carbonyl (C=O) groups excluding carboxylic acids is 1. The second kappa shape index (κ2) is 5.88. The van der Waals surface area contributed by atoms with Crippen molar-refractivity contribution in [3.8, 4) is 11.8 Å². The van der Waals surface area contributed by atoms with Gasteiger partial charge in [0.15, 0.2) is 5.60 Å². The molecule has 0 aromatic heterocycles. The standard InChI is InChI=1S/C14H20O3/c1-5-8-14(4,17-13(15)11(2)3)12-6-9-16-10-7-12/h12H,2,6-7,9-10H2,1,3-4H3. The van der Waals surface area contributed by atoms with Crippen molar-refractivity contribution in [2.24, 2.45) is 5.92 Å². The second-order valence-electron chi connectivity index (χ2n) is 4.54. The van der Waals surface area contributed by atoms with Crippen LogP contribution in [0.5, 0.6) is 0 Å². The van der Waals surface area contributed by atoms with Gasteiger partial charge in [-0.2, -0.15) is 0 Å². The Balaban J connectivity index is 2.82.